The highest BCUT2D eigenvalue weighted by Gasteiger charge is 2.17. The molecule has 0 aliphatic carbocycles. The number of para-hydroxylation sites is 3. The van der Waals surface area contributed by atoms with Crippen molar-refractivity contribution < 1.29 is 13.2 Å². The standard InChI is InChI=1S/C16H13NO3S2/c18-22(19,16-11-6-12-21-16)17-14-9-4-5-10-15(14)20-13-7-2-1-3-8-13/h1-12,17H. The van der Waals surface area contributed by atoms with Crippen LogP contribution in [-0.2, 0) is 10.0 Å². The molecule has 0 unspecified atom stereocenters. The molecule has 0 aliphatic rings. The second-order valence-electron chi connectivity index (χ2n) is 4.45. The Kier molecular flexibility index (Phi) is 4.13. The largest absolute Gasteiger partial charge is 0.455 e. The number of thiophene rings is 1. The number of sulfonamides is 1. The van der Waals surface area contributed by atoms with Gasteiger partial charge in [-0.25, -0.2) is 8.42 Å². The zero-order valence-corrected chi connectivity index (χ0v) is 13.1. The monoisotopic (exact) mass is 331 g/mol. The molecule has 1 aromatic heterocycles. The van der Waals surface area contributed by atoms with Gasteiger partial charge in [0.25, 0.3) is 10.0 Å². The van der Waals surface area contributed by atoms with Gasteiger partial charge < -0.3 is 4.74 Å². The van der Waals surface area contributed by atoms with Crippen LogP contribution in [0.2, 0.25) is 0 Å². The molecule has 3 rings (SSSR count). The maximum atomic E-state index is 12.3. The van der Waals surface area contributed by atoms with E-state index in [2.05, 4.69) is 4.72 Å². The van der Waals surface area contributed by atoms with Crippen LogP contribution in [0.5, 0.6) is 11.5 Å². The van der Waals surface area contributed by atoms with Crippen LogP contribution in [0.15, 0.2) is 76.3 Å². The van der Waals surface area contributed by atoms with Gasteiger partial charge >= 0.3 is 0 Å². The first kappa shape index (κ1) is 14.6. The van der Waals surface area contributed by atoms with Gasteiger partial charge in [-0.2, -0.15) is 0 Å². The molecule has 4 nitrogen and oxygen atoms in total. The fraction of sp³-hybridized carbons (Fsp3) is 0. The average Bonchev–Trinajstić information content (AvgIpc) is 3.05. The Morgan fingerprint density at radius 1 is 0.864 bits per heavy atom. The van der Waals surface area contributed by atoms with Crippen molar-refractivity contribution in [3.63, 3.8) is 0 Å². The topological polar surface area (TPSA) is 55.4 Å². The van der Waals surface area contributed by atoms with Gasteiger partial charge in [-0.05, 0) is 35.7 Å². The van der Waals surface area contributed by atoms with Crippen molar-refractivity contribution in [2.45, 2.75) is 4.21 Å². The Labute approximate surface area is 133 Å². The second kappa shape index (κ2) is 6.21. The first-order chi connectivity index (χ1) is 10.6. The summed E-state index contributed by atoms with van der Waals surface area (Å²) >= 11 is 1.17. The molecule has 1 heterocycles. The summed E-state index contributed by atoms with van der Waals surface area (Å²) < 4.78 is 33.2. The van der Waals surface area contributed by atoms with Crippen LogP contribution >= 0.6 is 11.3 Å². The fourth-order valence-corrected chi connectivity index (χ4v) is 3.93. The van der Waals surface area contributed by atoms with E-state index in [-0.39, 0.29) is 4.21 Å². The van der Waals surface area contributed by atoms with Crippen LogP contribution in [0.25, 0.3) is 0 Å². The van der Waals surface area contributed by atoms with Gasteiger partial charge in [-0.1, -0.05) is 36.4 Å². The Balaban J connectivity index is 1.89. The molecule has 2 aromatic carbocycles. The third-order valence-electron chi connectivity index (χ3n) is 2.86. The predicted molar refractivity (Wildman–Crippen MR) is 88.1 cm³/mol. The molecule has 0 amide bonds. The number of anilines is 1. The van der Waals surface area contributed by atoms with E-state index in [4.69, 9.17) is 4.74 Å². The molecule has 0 bridgehead atoms. The van der Waals surface area contributed by atoms with E-state index < -0.39 is 10.0 Å². The molecule has 22 heavy (non-hydrogen) atoms. The van der Waals surface area contributed by atoms with Gasteiger partial charge in [0.05, 0.1) is 5.69 Å². The average molecular weight is 331 g/mol. The van der Waals surface area contributed by atoms with Gasteiger partial charge in [0.2, 0.25) is 0 Å². The molecule has 3 aromatic rings. The predicted octanol–water partition coefficient (Wildman–Crippen LogP) is 4.34. The molecule has 0 saturated heterocycles. The first-order valence-corrected chi connectivity index (χ1v) is 8.90. The third kappa shape index (κ3) is 3.29. The fourth-order valence-electron chi connectivity index (χ4n) is 1.87. The molecule has 0 spiro atoms. The van der Waals surface area contributed by atoms with Gasteiger partial charge in [0.1, 0.15) is 9.96 Å². The minimum Gasteiger partial charge on any atom is -0.455 e. The van der Waals surface area contributed by atoms with E-state index in [1.54, 1.807) is 41.8 Å². The van der Waals surface area contributed by atoms with Crippen LogP contribution < -0.4 is 9.46 Å². The van der Waals surface area contributed by atoms with Crippen molar-refractivity contribution in [3.8, 4) is 11.5 Å². The summed E-state index contributed by atoms with van der Waals surface area (Å²) in [5.41, 5.74) is 0.403. The second-order valence-corrected chi connectivity index (χ2v) is 7.31. The molecule has 0 atom stereocenters. The Morgan fingerprint density at radius 3 is 2.32 bits per heavy atom. The molecule has 1 N–H and O–H groups in total. The van der Waals surface area contributed by atoms with Crippen molar-refractivity contribution in [3.05, 3.63) is 72.1 Å². The summed E-state index contributed by atoms with van der Waals surface area (Å²) in [5.74, 6) is 1.10. The number of hydrogen-bond acceptors (Lipinski definition) is 4. The van der Waals surface area contributed by atoms with E-state index in [1.165, 1.54) is 11.3 Å². The number of hydrogen-bond donors (Lipinski definition) is 1. The molecule has 0 fully saturated rings. The number of ether oxygens (including phenoxy) is 1. The van der Waals surface area contributed by atoms with Crippen LogP contribution in [0.4, 0.5) is 5.69 Å². The van der Waals surface area contributed by atoms with Crippen LogP contribution in [0, 0.1) is 0 Å². The maximum Gasteiger partial charge on any atom is 0.271 e. The van der Waals surface area contributed by atoms with Gasteiger partial charge in [0.15, 0.2) is 5.75 Å². The smallest absolute Gasteiger partial charge is 0.271 e. The Bertz CT molecular complexity index is 844. The lowest BCUT2D eigenvalue weighted by molar-refractivity contribution is 0.485. The Hall–Kier alpha value is -2.31. The quantitative estimate of drug-likeness (QED) is 0.756. The maximum absolute atomic E-state index is 12.3. The van der Waals surface area contributed by atoms with Crippen LogP contribution in [0.3, 0.4) is 0 Å². The minimum atomic E-state index is -3.60. The van der Waals surface area contributed by atoms with E-state index in [0.717, 1.165) is 0 Å². The minimum absolute atomic E-state index is 0.266. The summed E-state index contributed by atoms with van der Waals surface area (Å²) in [6, 6.07) is 19.4. The summed E-state index contributed by atoms with van der Waals surface area (Å²) in [7, 11) is -3.60. The van der Waals surface area contributed by atoms with Gasteiger partial charge in [-0.3, -0.25) is 4.72 Å². The van der Waals surface area contributed by atoms with Crippen molar-refractivity contribution in [1.82, 2.24) is 0 Å². The molecule has 0 radical (unpaired) electrons. The zero-order valence-electron chi connectivity index (χ0n) is 11.5. The highest BCUT2D eigenvalue weighted by Crippen LogP contribution is 2.31. The summed E-state index contributed by atoms with van der Waals surface area (Å²) in [4.78, 5) is 0. The number of nitrogens with one attached hydrogen (secondary N) is 1. The number of rotatable bonds is 5. The highest BCUT2D eigenvalue weighted by atomic mass is 32.2. The normalized spacial score (nSPS) is 11.1. The third-order valence-corrected chi connectivity index (χ3v) is 5.63. The van der Waals surface area contributed by atoms with Crippen molar-refractivity contribution in [1.29, 1.82) is 0 Å². The molecule has 0 aliphatic heterocycles. The van der Waals surface area contributed by atoms with E-state index in [9.17, 15) is 8.42 Å². The van der Waals surface area contributed by atoms with Crippen LogP contribution in [-0.4, -0.2) is 8.42 Å². The molecular weight excluding hydrogens is 318 g/mol. The lowest BCUT2D eigenvalue weighted by Gasteiger charge is -2.12. The zero-order chi connectivity index (χ0) is 15.4. The van der Waals surface area contributed by atoms with E-state index in [1.807, 2.05) is 30.3 Å². The van der Waals surface area contributed by atoms with Gasteiger partial charge in [-0.15, -0.1) is 11.3 Å². The van der Waals surface area contributed by atoms with Crippen molar-refractivity contribution in [2.75, 3.05) is 4.72 Å². The van der Waals surface area contributed by atoms with Crippen molar-refractivity contribution in [2.24, 2.45) is 0 Å². The van der Waals surface area contributed by atoms with E-state index in [0.29, 0.717) is 17.2 Å². The summed E-state index contributed by atoms with van der Waals surface area (Å²) in [5, 5.41) is 1.72. The summed E-state index contributed by atoms with van der Waals surface area (Å²) in [6.07, 6.45) is 0. The molecule has 0 saturated carbocycles. The van der Waals surface area contributed by atoms with E-state index >= 15 is 0 Å². The van der Waals surface area contributed by atoms with Crippen LogP contribution in [0.1, 0.15) is 0 Å². The highest BCUT2D eigenvalue weighted by molar-refractivity contribution is 7.94. The molecule has 6 heteroatoms. The Morgan fingerprint density at radius 2 is 1.59 bits per heavy atom. The SMILES string of the molecule is O=S(=O)(Nc1ccccc1Oc1ccccc1)c1cccs1. The summed E-state index contributed by atoms with van der Waals surface area (Å²) in [6.45, 7) is 0. The number of benzene rings is 2. The van der Waals surface area contributed by atoms with Gasteiger partial charge in [0, 0.05) is 0 Å². The first-order valence-electron chi connectivity index (χ1n) is 6.53. The molecule has 112 valence electrons. The van der Waals surface area contributed by atoms with Crippen molar-refractivity contribution >= 4 is 27.0 Å². The molecular formula is C16H13NO3S2. The lowest BCUT2D eigenvalue weighted by atomic mass is 10.3. The lowest BCUT2D eigenvalue weighted by Crippen LogP contribution is -2.12.